The van der Waals surface area contributed by atoms with E-state index < -0.39 is 0 Å². The molecule has 92 valence electrons. The Morgan fingerprint density at radius 1 is 0.941 bits per heavy atom. The van der Waals surface area contributed by atoms with Crippen molar-refractivity contribution in [3.63, 3.8) is 0 Å². The van der Waals surface area contributed by atoms with Crippen molar-refractivity contribution in [1.82, 2.24) is 0 Å². The average Bonchev–Trinajstić information content (AvgIpc) is 2.29. The molecule has 0 radical (unpaired) electrons. The van der Waals surface area contributed by atoms with Gasteiger partial charge in [0.1, 0.15) is 0 Å². The second-order valence-corrected chi connectivity index (χ2v) is 4.90. The molecule has 1 aromatic carbocycles. The number of amides is 1. The molecule has 2 rings (SSSR count). The normalized spacial score (nSPS) is 18.1. The Morgan fingerprint density at radius 2 is 1.53 bits per heavy atom. The summed E-state index contributed by atoms with van der Waals surface area (Å²) in [5.74, 6) is 0.425. The molecular weight excluding hydrogens is 210 g/mol. The monoisotopic (exact) mass is 231 g/mol. The summed E-state index contributed by atoms with van der Waals surface area (Å²) in [6.45, 7) is 0. The third-order valence-electron chi connectivity index (χ3n) is 3.52. The van der Waals surface area contributed by atoms with Crippen LogP contribution < -0.4 is 5.32 Å². The van der Waals surface area contributed by atoms with Crippen molar-refractivity contribution >= 4 is 11.6 Å². The number of carbonyl (C=O) groups is 1. The summed E-state index contributed by atoms with van der Waals surface area (Å²) in [5, 5.41) is 3.02. The Morgan fingerprint density at radius 3 is 2.18 bits per heavy atom. The summed E-state index contributed by atoms with van der Waals surface area (Å²) in [6, 6.07) is 9.76. The zero-order chi connectivity index (χ0) is 11.9. The molecule has 1 fully saturated rings. The van der Waals surface area contributed by atoms with Crippen LogP contribution in [0.5, 0.6) is 0 Å². The van der Waals surface area contributed by atoms with Crippen LogP contribution in [0.1, 0.15) is 44.9 Å². The molecule has 1 aromatic rings. The molecule has 0 atom stereocenters. The summed E-state index contributed by atoms with van der Waals surface area (Å²) in [7, 11) is 0. The Kier molecular flexibility index (Phi) is 4.60. The van der Waals surface area contributed by atoms with Crippen LogP contribution in [-0.2, 0) is 4.79 Å². The zero-order valence-electron chi connectivity index (χ0n) is 10.3. The molecule has 0 heterocycles. The molecule has 1 aliphatic carbocycles. The number of carbonyl (C=O) groups excluding carboxylic acids is 1. The number of nitrogens with one attached hydrogen (secondary N) is 1. The van der Waals surface area contributed by atoms with Gasteiger partial charge in [0, 0.05) is 11.6 Å². The van der Waals surface area contributed by atoms with Crippen molar-refractivity contribution in [2.75, 3.05) is 5.32 Å². The van der Waals surface area contributed by atoms with Crippen LogP contribution in [-0.4, -0.2) is 5.91 Å². The van der Waals surface area contributed by atoms with Gasteiger partial charge in [-0.1, -0.05) is 50.3 Å². The van der Waals surface area contributed by atoms with Gasteiger partial charge in [-0.3, -0.25) is 4.79 Å². The topological polar surface area (TPSA) is 29.1 Å². The zero-order valence-corrected chi connectivity index (χ0v) is 10.3. The molecule has 0 unspecified atom stereocenters. The molecule has 0 bridgehead atoms. The highest BCUT2D eigenvalue weighted by Gasteiger charge is 2.19. The lowest BCUT2D eigenvalue weighted by atomic mass is 9.90. The summed E-state index contributed by atoms with van der Waals surface area (Å²) >= 11 is 0. The first-order chi connectivity index (χ1) is 8.36. The molecule has 2 heteroatoms. The van der Waals surface area contributed by atoms with Gasteiger partial charge in [-0.15, -0.1) is 0 Å². The fourth-order valence-corrected chi connectivity index (χ4v) is 2.48. The lowest BCUT2D eigenvalue weighted by molar-refractivity contribution is -0.120. The Balaban J connectivity index is 1.89. The summed E-state index contributed by atoms with van der Waals surface area (Å²) < 4.78 is 0. The lowest BCUT2D eigenvalue weighted by Crippen LogP contribution is -2.23. The smallest absolute Gasteiger partial charge is 0.227 e. The third-order valence-corrected chi connectivity index (χ3v) is 3.52. The Labute approximate surface area is 103 Å². The minimum Gasteiger partial charge on any atom is -0.326 e. The molecule has 1 saturated carbocycles. The third kappa shape index (κ3) is 3.88. The number of benzene rings is 1. The average molecular weight is 231 g/mol. The SMILES string of the molecule is O=C(Nc1ccccc1)C1CCCCCCC1. The van der Waals surface area contributed by atoms with E-state index in [9.17, 15) is 4.79 Å². The first-order valence-corrected chi connectivity index (χ1v) is 6.72. The van der Waals surface area contributed by atoms with Crippen LogP contribution >= 0.6 is 0 Å². The molecule has 17 heavy (non-hydrogen) atoms. The highest BCUT2D eigenvalue weighted by Crippen LogP contribution is 2.23. The predicted octanol–water partition coefficient (Wildman–Crippen LogP) is 3.99. The van der Waals surface area contributed by atoms with E-state index in [-0.39, 0.29) is 11.8 Å². The van der Waals surface area contributed by atoms with Gasteiger partial charge >= 0.3 is 0 Å². The fourth-order valence-electron chi connectivity index (χ4n) is 2.48. The summed E-state index contributed by atoms with van der Waals surface area (Å²) in [6.07, 6.45) is 8.42. The number of rotatable bonds is 2. The quantitative estimate of drug-likeness (QED) is 0.819. The van der Waals surface area contributed by atoms with Crippen molar-refractivity contribution in [3.8, 4) is 0 Å². The number of hydrogen-bond donors (Lipinski definition) is 1. The standard InChI is InChI=1S/C15H21NO/c17-15(16-14-11-7-4-8-12-14)13-9-5-2-1-3-6-10-13/h4,7-8,11-13H,1-3,5-6,9-10H2,(H,16,17). The minimum atomic E-state index is 0.207. The Bertz CT molecular complexity index is 339. The van der Waals surface area contributed by atoms with Crippen molar-refractivity contribution in [3.05, 3.63) is 30.3 Å². The van der Waals surface area contributed by atoms with Crippen molar-refractivity contribution in [1.29, 1.82) is 0 Å². The van der Waals surface area contributed by atoms with E-state index in [0.717, 1.165) is 18.5 Å². The van der Waals surface area contributed by atoms with Gasteiger partial charge in [-0.05, 0) is 25.0 Å². The van der Waals surface area contributed by atoms with E-state index in [1.807, 2.05) is 30.3 Å². The van der Waals surface area contributed by atoms with Gasteiger partial charge in [-0.25, -0.2) is 0 Å². The maximum Gasteiger partial charge on any atom is 0.227 e. The Hall–Kier alpha value is -1.31. The van der Waals surface area contributed by atoms with Crippen LogP contribution in [0.25, 0.3) is 0 Å². The molecular formula is C15H21NO. The van der Waals surface area contributed by atoms with Gasteiger partial charge in [0.2, 0.25) is 5.91 Å². The van der Waals surface area contributed by atoms with Gasteiger partial charge in [-0.2, -0.15) is 0 Å². The van der Waals surface area contributed by atoms with E-state index >= 15 is 0 Å². The van der Waals surface area contributed by atoms with Crippen LogP contribution in [0.3, 0.4) is 0 Å². The summed E-state index contributed by atoms with van der Waals surface area (Å²) in [5.41, 5.74) is 0.916. The van der Waals surface area contributed by atoms with Gasteiger partial charge in [0.05, 0.1) is 0 Å². The van der Waals surface area contributed by atoms with E-state index in [2.05, 4.69) is 5.32 Å². The van der Waals surface area contributed by atoms with Gasteiger partial charge < -0.3 is 5.32 Å². The lowest BCUT2D eigenvalue weighted by Gasteiger charge is -2.19. The first kappa shape index (κ1) is 12.2. The molecule has 0 aromatic heterocycles. The molecule has 0 aliphatic heterocycles. The molecule has 0 spiro atoms. The largest absolute Gasteiger partial charge is 0.326 e. The van der Waals surface area contributed by atoms with Crippen molar-refractivity contribution in [2.24, 2.45) is 5.92 Å². The van der Waals surface area contributed by atoms with Gasteiger partial charge in [0.15, 0.2) is 0 Å². The highest BCUT2D eigenvalue weighted by atomic mass is 16.1. The number of para-hydroxylation sites is 1. The predicted molar refractivity (Wildman–Crippen MR) is 70.9 cm³/mol. The van der Waals surface area contributed by atoms with Crippen LogP contribution in [0.2, 0.25) is 0 Å². The van der Waals surface area contributed by atoms with Crippen molar-refractivity contribution in [2.45, 2.75) is 44.9 Å². The molecule has 1 N–H and O–H groups in total. The maximum absolute atomic E-state index is 12.1. The van der Waals surface area contributed by atoms with Crippen molar-refractivity contribution < 1.29 is 4.79 Å². The first-order valence-electron chi connectivity index (χ1n) is 6.72. The molecule has 1 aliphatic rings. The molecule has 1 amide bonds. The van der Waals surface area contributed by atoms with E-state index in [0.29, 0.717) is 0 Å². The van der Waals surface area contributed by atoms with Crippen LogP contribution in [0.4, 0.5) is 5.69 Å². The molecule has 2 nitrogen and oxygen atoms in total. The van der Waals surface area contributed by atoms with E-state index in [1.165, 1.54) is 32.1 Å². The van der Waals surface area contributed by atoms with E-state index in [4.69, 9.17) is 0 Å². The van der Waals surface area contributed by atoms with Crippen LogP contribution in [0, 0.1) is 5.92 Å². The highest BCUT2D eigenvalue weighted by molar-refractivity contribution is 5.92. The maximum atomic E-state index is 12.1. The van der Waals surface area contributed by atoms with E-state index in [1.54, 1.807) is 0 Å². The second-order valence-electron chi connectivity index (χ2n) is 4.90. The van der Waals surface area contributed by atoms with Gasteiger partial charge in [0.25, 0.3) is 0 Å². The molecule has 0 saturated heterocycles. The minimum absolute atomic E-state index is 0.207. The number of hydrogen-bond acceptors (Lipinski definition) is 1. The fraction of sp³-hybridized carbons (Fsp3) is 0.533. The summed E-state index contributed by atoms with van der Waals surface area (Å²) in [4.78, 5) is 12.1. The second kappa shape index (κ2) is 6.43. The number of anilines is 1. The van der Waals surface area contributed by atoms with Crippen LogP contribution in [0.15, 0.2) is 30.3 Å².